The fourth-order valence-electron chi connectivity index (χ4n) is 2.33. The maximum Gasteiger partial charge on any atom is 0.191 e. The third-order valence-electron chi connectivity index (χ3n) is 3.78. The van der Waals surface area contributed by atoms with E-state index < -0.39 is 0 Å². The first-order valence-electron chi connectivity index (χ1n) is 7.64. The van der Waals surface area contributed by atoms with Crippen LogP contribution < -0.4 is 10.6 Å². The summed E-state index contributed by atoms with van der Waals surface area (Å²) >= 11 is 0. The number of nitrogens with zero attached hydrogens (tertiary/aromatic N) is 2. The molecule has 5 nitrogen and oxygen atoms in total. The smallest absolute Gasteiger partial charge is 0.191 e. The molecule has 2 N–H and O–H groups in total. The van der Waals surface area contributed by atoms with Crippen molar-refractivity contribution in [2.45, 2.75) is 32.7 Å². The highest BCUT2D eigenvalue weighted by molar-refractivity contribution is 5.80. The topological polar surface area (TPSA) is 48.9 Å². The molecule has 1 saturated carbocycles. The molecule has 0 bridgehead atoms. The van der Waals surface area contributed by atoms with Crippen molar-refractivity contribution in [2.24, 2.45) is 10.9 Å². The molecule has 2 aliphatic rings. The van der Waals surface area contributed by atoms with Crippen LogP contribution in [0.4, 0.5) is 0 Å². The Morgan fingerprint density at radius 1 is 1.37 bits per heavy atom. The molecule has 19 heavy (non-hydrogen) atoms. The van der Waals surface area contributed by atoms with Crippen LogP contribution in [0.5, 0.6) is 0 Å². The minimum atomic E-state index is 0.636. The molecule has 0 radical (unpaired) electrons. The first kappa shape index (κ1) is 14.6. The molecule has 1 aliphatic heterocycles. The number of nitrogens with one attached hydrogen (secondary N) is 2. The Bertz CT molecular complexity index is 289. The summed E-state index contributed by atoms with van der Waals surface area (Å²) in [5.41, 5.74) is 0. The molecule has 1 aliphatic carbocycles. The molecule has 2 atom stereocenters. The van der Waals surface area contributed by atoms with Crippen molar-refractivity contribution in [1.82, 2.24) is 15.5 Å². The normalized spacial score (nSPS) is 28.2. The number of hydrogen-bond acceptors (Lipinski definition) is 3. The second-order valence-electron chi connectivity index (χ2n) is 5.53. The molecule has 2 unspecified atom stereocenters. The van der Waals surface area contributed by atoms with Gasteiger partial charge in [-0.05, 0) is 25.7 Å². The predicted octanol–water partition coefficient (Wildman–Crippen LogP) is 0.672. The van der Waals surface area contributed by atoms with E-state index in [0.29, 0.717) is 6.04 Å². The third kappa shape index (κ3) is 5.37. The van der Waals surface area contributed by atoms with Crippen LogP contribution >= 0.6 is 0 Å². The van der Waals surface area contributed by atoms with Crippen LogP contribution in [-0.2, 0) is 4.74 Å². The summed E-state index contributed by atoms with van der Waals surface area (Å²) in [6.45, 7) is 11.3. The SMILES string of the molecule is CCNC(=NCCCN1CCOCC1)NC1CC1C. The van der Waals surface area contributed by atoms with Crippen molar-refractivity contribution in [2.75, 3.05) is 45.9 Å². The Morgan fingerprint density at radius 3 is 2.74 bits per heavy atom. The summed E-state index contributed by atoms with van der Waals surface area (Å²) in [5, 5.41) is 6.80. The summed E-state index contributed by atoms with van der Waals surface area (Å²) in [6.07, 6.45) is 2.40. The van der Waals surface area contributed by atoms with Gasteiger partial charge in [0, 0.05) is 38.8 Å². The molecule has 110 valence electrons. The highest BCUT2D eigenvalue weighted by atomic mass is 16.5. The van der Waals surface area contributed by atoms with Crippen molar-refractivity contribution in [3.8, 4) is 0 Å². The Balaban J connectivity index is 1.62. The zero-order chi connectivity index (χ0) is 13.5. The molecular weight excluding hydrogens is 240 g/mol. The lowest BCUT2D eigenvalue weighted by atomic mass is 10.3. The van der Waals surface area contributed by atoms with Gasteiger partial charge in [0.1, 0.15) is 0 Å². The van der Waals surface area contributed by atoms with Crippen molar-refractivity contribution < 1.29 is 4.74 Å². The third-order valence-corrected chi connectivity index (χ3v) is 3.78. The second-order valence-corrected chi connectivity index (χ2v) is 5.53. The van der Waals surface area contributed by atoms with Gasteiger partial charge in [0.25, 0.3) is 0 Å². The molecule has 0 spiro atoms. The fourth-order valence-corrected chi connectivity index (χ4v) is 2.33. The zero-order valence-corrected chi connectivity index (χ0v) is 12.3. The van der Waals surface area contributed by atoms with Gasteiger partial charge in [0.2, 0.25) is 0 Å². The van der Waals surface area contributed by atoms with Crippen LogP contribution in [0.3, 0.4) is 0 Å². The van der Waals surface area contributed by atoms with Crippen molar-refractivity contribution >= 4 is 5.96 Å². The molecule has 2 fully saturated rings. The van der Waals surface area contributed by atoms with Gasteiger partial charge in [-0.3, -0.25) is 9.89 Å². The standard InChI is InChI=1S/C14H28N4O/c1-3-15-14(17-13-11-12(13)2)16-5-4-6-18-7-9-19-10-8-18/h12-13H,3-11H2,1-2H3,(H2,15,16,17). The average molecular weight is 268 g/mol. The number of hydrogen-bond donors (Lipinski definition) is 2. The van der Waals surface area contributed by atoms with Crippen LogP contribution in [0.25, 0.3) is 0 Å². The van der Waals surface area contributed by atoms with Crippen molar-refractivity contribution in [3.63, 3.8) is 0 Å². The number of morpholine rings is 1. The number of rotatable bonds is 6. The highest BCUT2D eigenvalue weighted by Crippen LogP contribution is 2.28. The monoisotopic (exact) mass is 268 g/mol. The summed E-state index contributed by atoms with van der Waals surface area (Å²) < 4.78 is 5.35. The zero-order valence-electron chi connectivity index (χ0n) is 12.3. The largest absolute Gasteiger partial charge is 0.379 e. The molecule has 0 aromatic carbocycles. The van der Waals surface area contributed by atoms with Crippen molar-refractivity contribution in [3.05, 3.63) is 0 Å². The lowest BCUT2D eigenvalue weighted by Crippen LogP contribution is -2.39. The first-order chi connectivity index (χ1) is 9.29. The summed E-state index contributed by atoms with van der Waals surface area (Å²) in [5.74, 6) is 1.79. The number of guanidine groups is 1. The lowest BCUT2D eigenvalue weighted by Gasteiger charge is -2.26. The highest BCUT2D eigenvalue weighted by Gasteiger charge is 2.33. The van der Waals surface area contributed by atoms with Gasteiger partial charge in [-0.25, -0.2) is 0 Å². The van der Waals surface area contributed by atoms with E-state index in [0.717, 1.165) is 64.2 Å². The molecule has 1 heterocycles. The van der Waals surface area contributed by atoms with Gasteiger partial charge in [0.15, 0.2) is 5.96 Å². The van der Waals surface area contributed by atoms with Gasteiger partial charge in [-0.15, -0.1) is 0 Å². The van der Waals surface area contributed by atoms with Gasteiger partial charge in [-0.1, -0.05) is 6.92 Å². The van der Waals surface area contributed by atoms with Crippen LogP contribution in [-0.4, -0.2) is 62.8 Å². The van der Waals surface area contributed by atoms with E-state index in [-0.39, 0.29) is 0 Å². The molecule has 2 rings (SSSR count). The Kier molecular flexibility index (Phi) is 5.92. The lowest BCUT2D eigenvalue weighted by molar-refractivity contribution is 0.0377. The fraction of sp³-hybridized carbons (Fsp3) is 0.929. The van der Waals surface area contributed by atoms with E-state index in [4.69, 9.17) is 4.74 Å². The van der Waals surface area contributed by atoms with Crippen LogP contribution in [0.2, 0.25) is 0 Å². The van der Waals surface area contributed by atoms with Gasteiger partial charge < -0.3 is 15.4 Å². The first-order valence-corrected chi connectivity index (χ1v) is 7.64. The molecule has 1 saturated heterocycles. The molecule has 0 aromatic rings. The maximum atomic E-state index is 5.35. The van der Waals surface area contributed by atoms with E-state index >= 15 is 0 Å². The predicted molar refractivity (Wildman–Crippen MR) is 78.6 cm³/mol. The minimum absolute atomic E-state index is 0.636. The number of ether oxygens (including phenoxy) is 1. The van der Waals surface area contributed by atoms with Crippen LogP contribution in [0, 0.1) is 5.92 Å². The molecule has 0 aromatic heterocycles. The summed E-state index contributed by atoms with van der Waals surface area (Å²) in [6, 6.07) is 0.636. The Morgan fingerprint density at radius 2 is 2.11 bits per heavy atom. The van der Waals surface area contributed by atoms with E-state index in [9.17, 15) is 0 Å². The van der Waals surface area contributed by atoms with Crippen LogP contribution in [0.15, 0.2) is 4.99 Å². The molecule has 0 amide bonds. The van der Waals surface area contributed by atoms with E-state index in [2.05, 4.69) is 34.4 Å². The second kappa shape index (κ2) is 7.70. The van der Waals surface area contributed by atoms with Gasteiger partial charge in [0.05, 0.1) is 13.2 Å². The summed E-state index contributed by atoms with van der Waals surface area (Å²) in [7, 11) is 0. The van der Waals surface area contributed by atoms with Gasteiger partial charge >= 0.3 is 0 Å². The molecular formula is C14H28N4O. The van der Waals surface area contributed by atoms with Crippen LogP contribution in [0.1, 0.15) is 26.7 Å². The van der Waals surface area contributed by atoms with Crippen molar-refractivity contribution in [1.29, 1.82) is 0 Å². The summed E-state index contributed by atoms with van der Waals surface area (Å²) in [4.78, 5) is 7.11. The van der Waals surface area contributed by atoms with E-state index in [1.54, 1.807) is 0 Å². The average Bonchev–Trinajstić information content (AvgIpc) is 3.11. The Labute approximate surface area is 116 Å². The quantitative estimate of drug-likeness (QED) is 0.422. The Hall–Kier alpha value is -0.810. The van der Waals surface area contributed by atoms with E-state index in [1.165, 1.54) is 6.42 Å². The number of aliphatic imine (C=N–C) groups is 1. The minimum Gasteiger partial charge on any atom is -0.379 e. The maximum absolute atomic E-state index is 5.35. The molecule has 5 heteroatoms. The van der Waals surface area contributed by atoms with E-state index in [1.807, 2.05) is 0 Å². The van der Waals surface area contributed by atoms with Gasteiger partial charge in [-0.2, -0.15) is 0 Å².